The van der Waals surface area contributed by atoms with Gasteiger partial charge in [0.25, 0.3) is 0 Å². The maximum Gasteiger partial charge on any atom is 0.0352 e. The van der Waals surface area contributed by atoms with E-state index in [4.69, 9.17) is 0 Å². The van der Waals surface area contributed by atoms with Crippen molar-refractivity contribution >= 4 is 0 Å². The molecule has 0 atom stereocenters. The molecular formula is C19H17N. The predicted octanol–water partition coefficient (Wildman–Crippen LogP) is 5.03. The van der Waals surface area contributed by atoms with Gasteiger partial charge in [0.05, 0.1) is 0 Å². The van der Waals surface area contributed by atoms with Crippen molar-refractivity contribution in [3.05, 3.63) is 78.1 Å². The third kappa shape index (κ3) is 2.23. The molecule has 0 aliphatic carbocycles. The lowest BCUT2D eigenvalue weighted by Crippen LogP contribution is -1.92. The molecule has 0 aliphatic heterocycles. The molecule has 98 valence electrons. The number of aromatic nitrogens is 1. The number of nitrogens with zero attached hydrogens (tertiary/aromatic N) is 1. The molecule has 0 radical (unpaired) electrons. The van der Waals surface area contributed by atoms with Crippen molar-refractivity contribution in [2.45, 2.75) is 13.8 Å². The van der Waals surface area contributed by atoms with Gasteiger partial charge in [0, 0.05) is 18.0 Å². The molecule has 0 unspecified atom stereocenters. The number of hydrogen-bond acceptors (Lipinski definition) is 1. The van der Waals surface area contributed by atoms with E-state index in [1.165, 1.54) is 33.4 Å². The van der Waals surface area contributed by atoms with Gasteiger partial charge < -0.3 is 0 Å². The first-order chi connectivity index (χ1) is 9.77. The van der Waals surface area contributed by atoms with Crippen LogP contribution in [-0.2, 0) is 0 Å². The number of hydrogen-bond donors (Lipinski definition) is 0. The molecule has 0 aliphatic rings. The molecule has 0 N–H and O–H groups in total. The monoisotopic (exact) mass is 259 g/mol. The van der Waals surface area contributed by atoms with Crippen LogP contribution in [0.25, 0.3) is 22.3 Å². The van der Waals surface area contributed by atoms with E-state index in [9.17, 15) is 0 Å². The van der Waals surface area contributed by atoms with Crippen LogP contribution >= 0.6 is 0 Å². The lowest BCUT2D eigenvalue weighted by atomic mass is 9.91. The molecule has 3 aromatic rings. The summed E-state index contributed by atoms with van der Waals surface area (Å²) in [5, 5.41) is 0. The van der Waals surface area contributed by atoms with Crippen LogP contribution in [0, 0.1) is 13.8 Å². The third-order valence-corrected chi connectivity index (χ3v) is 3.66. The fourth-order valence-electron chi connectivity index (χ4n) is 2.70. The van der Waals surface area contributed by atoms with Gasteiger partial charge in [0.1, 0.15) is 0 Å². The minimum atomic E-state index is 1.19. The highest BCUT2D eigenvalue weighted by atomic mass is 14.6. The van der Waals surface area contributed by atoms with E-state index < -0.39 is 0 Å². The Labute approximate surface area is 119 Å². The van der Waals surface area contributed by atoms with Gasteiger partial charge >= 0.3 is 0 Å². The molecule has 2 aromatic carbocycles. The first kappa shape index (κ1) is 12.6. The zero-order valence-electron chi connectivity index (χ0n) is 11.8. The molecule has 0 fully saturated rings. The number of benzene rings is 2. The van der Waals surface area contributed by atoms with Crippen molar-refractivity contribution in [1.29, 1.82) is 0 Å². The van der Waals surface area contributed by atoms with Crippen LogP contribution in [-0.4, -0.2) is 4.98 Å². The molecule has 20 heavy (non-hydrogen) atoms. The summed E-state index contributed by atoms with van der Waals surface area (Å²) in [5.41, 5.74) is 7.56. The minimum absolute atomic E-state index is 1.19. The molecule has 0 bridgehead atoms. The van der Waals surface area contributed by atoms with E-state index in [1.807, 2.05) is 18.5 Å². The summed E-state index contributed by atoms with van der Waals surface area (Å²) in [7, 11) is 0. The van der Waals surface area contributed by atoms with E-state index in [0.717, 1.165) is 0 Å². The van der Waals surface area contributed by atoms with E-state index in [2.05, 4.69) is 67.4 Å². The van der Waals surface area contributed by atoms with Crippen LogP contribution in [0.5, 0.6) is 0 Å². The molecule has 0 saturated heterocycles. The Balaban J connectivity index is 2.26. The maximum atomic E-state index is 4.31. The lowest BCUT2D eigenvalue weighted by Gasteiger charge is -2.14. The molecule has 0 amide bonds. The van der Waals surface area contributed by atoms with Crippen LogP contribution < -0.4 is 0 Å². The van der Waals surface area contributed by atoms with Gasteiger partial charge in [-0.2, -0.15) is 0 Å². The fraction of sp³-hybridized carbons (Fsp3) is 0.105. The predicted molar refractivity (Wildman–Crippen MR) is 84.6 cm³/mol. The van der Waals surface area contributed by atoms with Crippen LogP contribution in [0.2, 0.25) is 0 Å². The average molecular weight is 259 g/mol. The Morgan fingerprint density at radius 3 is 2.10 bits per heavy atom. The molecular weight excluding hydrogens is 242 g/mol. The molecule has 0 saturated carbocycles. The standard InChI is InChI=1S/C19H17N/c1-14-7-6-8-15(2)19(14)17-11-12-20-13-18(17)16-9-4-3-5-10-16/h3-13H,1-2H3. The zero-order valence-corrected chi connectivity index (χ0v) is 11.8. The van der Waals surface area contributed by atoms with Gasteiger partial charge in [-0.25, -0.2) is 0 Å². The Bertz CT molecular complexity index is 710. The van der Waals surface area contributed by atoms with Gasteiger partial charge in [-0.3, -0.25) is 4.98 Å². The second-order valence-electron chi connectivity index (χ2n) is 5.05. The van der Waals surface area contributed by atoms with Crippen molar-refractivity contribution in [3.63, 3.8) is 0 Å². The summed E-state index contributed by atoms with van der Waals surface area (Å²) in [6, 6.07) is 19.0. The van der Waals surface area contributed by atoms with Crippen LogP contribution in [0.15, 0.2) is 67.0 Å². The van der Waals surface area contributed by atoms with Crippen molar-refractivity contribution in [2.75, 3.05) is 0 Å². The number of pyridine rings is 1. The number of aryl methyl sites for hydroxylation is 2. The topological polar surface area (TPSA) is 12.9 Å². The second-order valence-corrected chi connectivity index (χ2v) is 5.05. The fourth-order valence-corrected chi connectivity index (χ4v) is 2.70. The Morgan fingerprint density at radius 2 is 1.40 bits per heavy atom. The Morgan fingerprint density at radius 1 is 0.700 bits per heavy atom. The molecule has 1 nitrogen and oxygen atoms in total. The van der Waals surface area contributed by atoms with Crippen molar-refractivity contribution in [1.82, 2.24) is 4.98 Å². The highest BCUT2D eigenvalue weighted by molar-refractivity contribution is 5.85. The van der Waals surface area contributed by atoms with Gasteiger partial charge in [0.2, 0.25) is 0 Å². The van der Waals surface area contributed by atoms with Crippen molar-refractivity contribution in [3.8, 4) is 22.3 Å². The number of rotatable bonds is 2. The third-order valence-electron chi connectivity index (χ3n) is 3.66. The van der Waals surface area contributed by atoms with E-state index >= 15 is 0 Å². The van der Waals surface area contributed by atoms with Crippen LogP contribution in [0.4, 0.5) is 0 Å². The average Bonchev–Trinajstić information content (AvgIpc) is 2.48. The van der Waals surface area contributed by atoms with E-state index in [0.29, 0.717) is 0 Å². The summed E-state index contributed by atoms with van der Waals surface area (Å²) in [6.45, 7) is 4.33. The van der Waals surface area contributed by atoms with Gasteiger partial charge in [-0.1, -0.05) is 48.5 Å². The minimum Gasteiger partial charge on any atom is -0.264 e. The van der Waals surface area contributed by atoms with Crippen LogP contribution in [0.1, 0.15) is 11.1 Å². The molecule has 1 aromatic heterocycles. The highest BCUT2D eigenvalue weighted by Gasteiger charge is 2.11. The zero-order chi connectivity index (χ0) is 13.9. The first-order valence-electron chi connectivity index (χ1n) is 6.83. The lowest BCUT2D eigenvalue weighted by molar-refractivity contribution is 1.31. The Hall–Kier alpha value is -2.41. The molecule has 3 rings (SSSR count). The quantitative estimate of drug-likeness (QED) is 0.628. The summed E-state index contributed by atoms with van der Waals surface area (Å²) in [5.74, 6) is 0. The Kier molecular flexibility index (Phi) is 3.34. The summed E-state index contributed by atoms with van der Waals surface area (Å²) in [6.07, 6.45) is 3.82. The van der Waals surface area contributed by atoms with E-state index in [1.54, 1.807) is 0 Å². The SMILES string of the molecule is Cc1cccc(C)c1-c1ccncc1-c1ccccc1. The summed E-state index contributed by atoms with van der Waals surface area (Å²) < 4.78 is 0. The first-order valence-corrected chi connectivity index (χ1v) is 6.83. The second kappa shape index (κ2) is 5.30. The van der Waals surface area contributed by atoms with Crippen molar-refractivity contribution in [2.24, 2.45) is 0 Å². The summed E-state index contributed by atoms with van der Waals surface area (Å²) >= 11 is 0. The molecule has 1 heterocycles. The largest absolute Gasteiger partial charge is 0.264 e. The maximum absolute atomic E-state index is 4.31. The molecule has 0 spiro atoms. The normalized spacial score (nSPS) is 10.5. The van der Waals surface area contributed by atoms with Gasteiger partial charge in [-0.05, 0) is 47.7 Å². The molecule has 1 heteroatoms. The van der Waals surface area contributed by atoms with Gasteiger partial charge in [-0.15, -0.1) is 0 Å². The van der Waals surface area contributed by atoms with E-state index in [-0.39, 0.29) is 0 Å². The van der Waals surface area contributed by atoms with Gasteiger partial charge in [0.15, 0.2) is 0 Å². The summed E-state index contributed by atoms with van der Waals surface area (Å²) in [4.78, 5) is 4.31. The highest BCUT2D eigenvalue weighted by Crippen LogP contribution is 2.34. The smallest absolute Gasteiger partial charge is 0.0352 e. The van der Waals surface area contributed by atoms with Crippen LogP contribution in [0.3, 0.4) is 0 Å². The van der Waals surface area contributed by atoms with Crippen molar-refractivity contribution < 1.29 is 0 Å².